The minimum absolute atomic E-state index is 0.0709. The Bertz CT molecular complexity index is 1570. The minimum Gasteiger partial charge on any atom is -0.366 e. The molecule has 37 heavy (non-hydrogen) atoms. The van der Waals surface area contributed by atoms with E-state index in [1.165, 1.54) is 22.9 Å². The first-order valence-corrected chi connectivity index (χ1v) is 10.7. The van der Waals surface area contributed by atoms with Crippen molar-refractivity contribution in [3.8, 4) is 11.8 Å². The lowest BCUT2D eigenvalue weighted by atomic mass is 10.0. The predicted octanol–water partition coefficient (Wildman–Crippen LogP) is 3.11. The molecule has 0 saturated heterocycles. The highest BCUT2D eigenvalue weighted by molar-refractivity contribution is 6.32. The Labute approximate surface area is 211 Å². The van der Waals surface area contributed by atoms with Crippen LogP contribution in [0.5, 0.6) is 0 Å². The zero-order chi connectivity index (χ0) is 26.9. The van der Waals surface area contributed by atoms with Gasteiger partial charge in [-0.2, -0.15) is 28.3 Å². The summed E-state index contributed by atoms with van der Waals surface area (Å²) in [5.41, 5.74) is 6.36. The average Bonchev–Trinajstić information content (AvgIpc) is 3.48. The minimum atomic E-state index is -4.78. The molecule has 0 aliphatic rings. The number of primary amides is 1. The largest absolute Gasteiger partial charge is 0.455 e. The Morgan fingerprint density at radius 2 is 1.92 bits per heavy atom. The molecule has 4 aromatic rings. The fourth-order valence-electron chi connectivity index (χ4n) is 3.43. The third-order valence-corrected chi connectivity index (χ3v) is 5.37. The van der Waals surface area contributed by atoms with E-state index in [1.807, 2.05) is 6.07 Å². The van der Waals surface area contributed by atoms with Crippen molar-refractivity contribution >= 4 is 29.1 Å². The summed E-state index contributed by atoms with van der Waals surface area (Å²) in [5, 5.41) is 26.0. The van der Waals surface area contributed by atoms with E-state index in [2.05, 4.69) is 25.8 Å². The maximum absolute atomic E-state index is 13.4. The molecule has 2 amide bonds. The molecular weight excluding hydrogens is 515 g/mol. The van der Waals surface area contributed by atoms with Crippen LogP contribution in [0.25, 0.3) is 5.69 Å². The third kappa shape index (κ3) is 5.26. The van der Waals surface area contributed by atoms with Crippen LogP contribution in [-0.2, 0) is 12.7 Å². The summed E-state index contributed by atoms with van der Waals surface area (Å²) in [6.07, 6.45) is -4.78. The fourth-order valence-corrected chi connectivity index (χ4v) is 3.65. The van der Waals surface area contributed by atoms with Crippen LogP contribution in [0.15, 0.2) is 42.5 Å². The van der Waals surface area contributed by atoms with Gasteiger partial charge in [0.1, 0.15) is 12.2 Å². The maximum atomic E-state index is 13.4. The summed E-state index contributed by atoms with van der Waals surface area (Å²) in [4.78, 5) is 26.0. The highest BCUT2D eigenvalue weighted by Gasteiger charge is 2.37. The second-order valence-corrected chi connectivity index (χ2v) is 8.08. The number of amides is 2. The summed E-state index contributed by atoms with van der Waals surface area (Å²) in [5.74, 6) is -3.03. The van der Waals surface area contributed by atoms with Gasteiger partial charge in [0, 0.05) is 0 Å². The van der Waals surface area contributed by atoms with Crippen molar-refractivity contribution in [1.29, 1.82) is 5.26 Å². The Hall–Kier alpha value is -4.77. The summed E-state index contributed by atoms with van der Waals surface area (Å²) < 4.78 is 39.7. The lowest BCUT2D eigenvalue weighted by molar-refractivity contribution is -0.145. The van der Waals surface area contributed by atoms with Gasteiger partial charge in [-0.15, -0.1) is 10.2 Å². The summed E-state index contributed by atoms with van der Waals surface area (Å²) in [6, 6.07) is 12.4. The molecule has 0 radical (unpaired) electrons. The van der Waals surface area contributed by atoms with Gasteiger partial charge in [-0.25, -0.2) is 4.68 Å². The summed E-state index contributed by atoms with van der Waals surface area (Å²) in [7, 11) is 0. The van der Waals surface area contributed by atoms with Crippen LogP contribution >= 0.6 is 11.6 Å². The van der Waals surface area contributed by atoms with E-state index in [9.17, 15) is 28.0 Å². The number of anilines is 1. The van der Waals surface area contributed by atoms with Gasteiger partial charge >= 0.3 is 6.18 Å². The van der Waals surface area contributed by atoms with Crippen molar-refractivity contribution in [2.45, 2.75) is 19.6 Å². The molecule has 15 heteroatoms. The number of para-hydroxylation sites is 1. The van der Waals surface area contributed by atoms with E-state index in [1.54, 1.807) is 31.2 Å². The van der Waals surface area contributed by atoms with Gasteiger partial charge in [-0.1, -0.05) is 23.7 Å². The number of hydrogen-bond donors (Lipinski definition) is 2. The topological polar surface area (TPSA) is 157 Å². The molecule has 2 heterocycles. The molecule has 4 rings (SSSR count). The first-order valence-electron chi connectivity index (χ1n) is 10.3. The van der Waals surface area contributed by atoms with E-state index in [-0.39, 0.29) is 39.8 Å². The van der Waals surface area contributed by atoms with Crippen molar-refractivity contribution in [1.82, 2.24) is 30.0 Å². The third-order valence-electron chi connectivity index (χ3n) is 5.05. The number of nitrogens with one attached hydrogen (secondary N) is 1. The SMILES string of the molecule is Cc1cc(C#N)cc(C(N)=O)c1NC(=O)c1cc(Cn2nnc(C(F)(F)F)n2)nn1-c1ccccc1Cl. The molecule has 0 unspecified atom stereocenters. The van der Waals surface area contributed by atoms with Crippen LogP contribution in [0.1, 0.15) is 43.5 Å². The number of alkyl halides is 3. The number of tetrazole rings is 1. The quantitative estimate of drug-likeness (QED) is 0.388. The molecule has 2 aromatic carbocycles. The first-order chi connectivity index (χ1) is 17.5. The maximum Gasteiger partial charge on any atom is 0.455 e. The van der Waals surface area contributed by atoms with Crippen molar-refractivity contribution in [2.75, 3.05) is 5.32 Å². The number of carbonyl (C=O) groups excluding carboxylic acids is 2. The molecule has 0 atom stereocenters. The summed E-state index contributed by atoms with van der Waals surface area (Å²) in [6.45, 7) is 1.23. The molecule has 0 saturated carbocycles. The van der Waals surface area contributed by atoms with Crippen LogP contribution in [0.4, 0.5) is 18.9 Å². The molecule has 11 nitrogen and oxygen atoms in total. The molecule has 0 aliphatic heterocycles. The van der Waals surface area contributed by atoms with E-state index in [4.69, 9.17) is 17.3 Å². The molecule has 0 bridgehead atoms. The Morgan fingerprint density at radius 3 is 2.54 bits per heavy atom. The number of carbonyl (C=O) groups is 2. The van der Waals surface area contributed by atoms with Crippen LogP contribution < -0.4 is 11.1 Å². The molecule has 3 N–H and O–H groups in total. The fraction of sp³-hybridized carbons (Fsp3) is 0.136. The second kappa shape index (κ2) is 9.70. The average molecular weight is 530 g/mol. The Morgan fingerprint density at radius 1 is 1.19 bits per heavy atom. The molecule has 0 aliphatic carbocycles. The van der Waals surface area contributed by atoms with Gasteiger partial charge in [0.25, 0.3) is 17.6 Å². The number of hydrogen-bond acceptors (Lipinski definition) is 7. The number of aryl methyl sites for hydroxylation is 1. The van der Waals surface area contributed by atoms with Crippen LogP contribution in [-0.4, -0.2) is 41.8 Å². The van der Waals surface area contributed by atoms with Gasteiger partial charge in [0.2, 0.25) is 0 Å². The van der Waals surface area contributed by atoms with Crippen LogP contribution in [0.3, 0.4) is 0 Å². The zero-order valence-electron chi connectivity index (χ0n) is 18.8. The van der Waals surface area contributed by atoms with Gasteiger partial charge in [0.15, 0.2) is 0 Å². The Kier molecular flexibility index (Phi) is 6.64. The Balaban J connectivity index is 1.76. The van der Waals surface area contributed by atoms with Crippen molar-refractivity contribution < 1.29 is 22.8 Å². The number of nitrogens with zero attached hydrogens (tertiary/aromatic N) is 7. The zero-order valence-corrected chi connectivity index (χ0v) is 19.5. The molecule has 0 spiro atoms. The highest BCUT2D eigenvalue weighted by Crippen LogP contribution is 2.27. The van der Waals surface area contributed by atoms with E-state index >= 15 is 0 Å². The molecular formula is C22H15ClF3N9O2. The smallest absolute Gasteiger partial charge is 0.366 e. The summed E-state index contributed by atoms with van der Waals surface area (Å²) >= 11 is 6.29. The molecule has 0 fully saturated rings. The van der Waals surface area contributed by atoms with E-state index in [0.717, 1.165) is 0 Å². The van der Waals surface area contributed by atoms with Gasteiger partial charge in [0.05, 0.1) is 39.3 Å². The van der Waals surface area contributed by atoms with Crippen molar-refractivity contribution in [3.05, 3.63) is 81.4 Å². The van der Waals surface area contributed by atoms with E-state index in [0.29, 0.717) is 16.0 Å². The number of nitrogens with two attached hydrogens (primary N) is 1. The predicted molar refractivity (Wildman–Crippen MR) is 123 cm³/mol. The first kappa shape index (κ1) is 25.3. The van der Waals surface area contributed by atoms with E-state index < -0.39 is 23.8 Å². The lowest BCUT2D eigenvalue weighted by Crippen LogP contribution is -2.21. The highest BCUT2D eigenvalue weighted by atomic mass is 35.5. The van der Waals surface area contributed by atoms with Gasteiger partial charge in [-0.3, -0.25) is 9.59 Å². The number of rotatable bonds is 6. The molecule has 2 aromatic heterocycles. The van der Waals surface area contributed by atoms with Crippen molar-refractivity contribution in [2.24, 2.45) is 5.73 Å². The van der Waals surface area contributed by atoms with Crippen LogP contribution in [0.2, 0.25) is 5.02 Å². The van der Waals surface area contributed by atoms with Gasteiger partial charge in [-0.05, 0) is 48.0 Å². The molecule has 188 valence electrons. The van der Waals surface area contributed by atoms with Crippen molar-refractivity contribution in [3.63, 3.8) is 0 Å². The number of benzene rings is 2. The standard InChI is InChI=1S/C22H15ClF3N9O2/c1-11-6-12(9-27)7-14(19(28)36)18(11)29-20(37)17-8-13(10-34-32-21(30-33-34)22(24,25)26)31-35(17)16-5-3-2-4-15(16)23/h2-8H,10H2,1H3,(H2,28,36)(H,29,37). The lowest BCUT2D eigenvalue weighted by Gasteiger charge is -2.14. The second-order valence-electron chi connectivity index (χ2n) is 7.67. The number of nitriles is 1. The monoisotopic (exact) mass is 529 g/mol. The van der Waals surface area contributed by atoms with Crippen LogP contribution in [0, 0.1) is 18.3 Å². The number of aromatic nitrogens is 6. The number of halogens is 4. The normalized spacial score (nSPS) is 11.2. The van der Waals surface area contributed by atoms with Gasteiger partial charge < -0.3 is 11.1 Å².